The van der Waals surface area contributed by atoms with Gasteiger partial charge in [0.1, 0.15) is 12.4 Å². The highest BCUT2D eigenvalue weighted by atomic mass is 35.5. The van der Waals surface area contributed by atoms with Crippen LogP contribution in [0.5, 0.6) is 5.75 Å². The second-order valence-electron chi connectivity index (χ2n) is 4.45. The summed E-state index contributed by atoms with van der Waals surface area (Å²) in [5, 5.41) is 12.2. The van der Waals surface area contributed by atoms with Gasteiger partial charge in [0.2, 0.25) is 0 Å². The molecule has 0 bridgehead atoms. The van der Waals surface area contributed by atoms with Crippen LogP contribution < -0.4 is 10.1 Å². The third-order valence-corrected chi connectivity index (χ3v) is 2.97. The molecule has 0 amide bonds. The Morgan fingerprint density at radius 3 is 2.85 bits per heavy atom. The first-order valence-corrected chi connectivity index (χ1v) is 7.14. The number of rotatable bonds is 8. The van der Waals surface area contributed by atoms with Crippen LogP contribution in [0.15, 0.2) is 30.5 Å². The number of hydrogen-bond donors (Lipinski definition) is 1. The molecule has 6 heteroatoms. The van der Waals surface area contributed by atoms with Crippen molar-refractivity contribution in [1.82, 2.24) is 20.3 Å². The molecule has 0 fully saturated rings. The Labute approximate surface area is 123 Å². The van der Waals surface area contributed by atoms with E-state index in [1.165, 1.54) is 0 Å². The van der Waals surface area contributed by atoms with Gasteiger partial charge in [-0.1, -0.05) is 23.7 Å². The van der Waals surface area contributed by atoms with Gasteiger partial charge in [-0.3, -0.25) is 0 Å². The molecule has 2 rings (SSSR count). The normalized spacial score (nSPS) is 10.7. The lowest BCUT2D eigenvalue weighted by Gasteiger charge is -2.05. The van der Waals surface area contributed by atoms with Crippen LogP contribution in [0.25, 0.3) is 0 Å². The van der Waals surface area contributed by atoms with Crippen molar-refractivity contribution in [3.8, 4) is 5.75 Å². The summed E-state index contributed by atoms with van der Waals surface area (Å²) in [6.07, 6.45) is 3.05. The molecular weight excluding hydrogens is 276 g/mol. The molecule has 20 heavy (non-hydrogen) atoms. The van der Waals surface area contributed by atoms with Crippen molar-refractivity contribution in [3.63, 3.8) is 0 Å². The number of nitrogens with one attached hydrogen (secondary N) is 1. The molecule has 0 aliphatic rings. The highest BCUT2D eigenvalue weighted by Gasteiger charge is 2.00. The zero-order valence-corrected chi connectivity index (χ0v) is 12.3. The van der Waals surface area contributed by atoms with E-state index >= 15 is 0 Å². The third-order valence-electron chi connectivity index (χ3n) is 2.72. The molecule has 0 saturated carbocycles. The van der Waals surface area contributed by atoms with Crippen LogP contribution >= 0.6 is 11.6 Å². The molecule has 1 heterocycles. The predicted molar refractivity (Wildman–Crippen MR) is 79.0 cm³/mol. The smallest absolute Gasteiger partial charge is 0.119 e. The van der Waals surface area contributed by atoms with E-state index < -0.39 is 0 Å². The van der Waals surface area contributed by atoms with Gasteiger partial charge in [0.15, 0.2) is 0 Å². The SMILES string of the molecule is CCCNCc1cn(CCOc2ccc(Cl)cc2)nn1. The summed E-state index contributed by atoms with van der Waals surface area (Å²) in [6, 6.07) is 7.32. The lowest BCUT2D eigenvalue weighted by atomic mass is 10.3. The third kappa shape index (κ3) is 4.83. The van der Waals surface area contributed by atoms with Crippen LogP contribution in [-0.2, 0) is 13.1 Å². The molecule has 5 nitrogen and oxygen atoms in total. The minimum atomic E-state index is 0.548. The van der Waals surface area contributed by atoms with Gasteiger partial charge in [-0.25, -0.2) is 4.68 Å². The Morgan fingerprint density at radius 1 is 1.30 bits per heavy atom. The molecule has 1 aromatic carbocycles. The number of aromatic nitrogens is 3. The van der Waals surface area contributed by atoms with Crippen molar-refractivity contribution >= 4 is 11.6 Å². The summed E-state index contributed by atoms with van der Waals surface area (Å²) in [4.78, 5) is 0. The largest absolute Gasteiger partial charge is 0.492 e. The maximum atomic E-state index is 5.81. The molecular formula is C14H19ClN4O. The minimum Gasteiger partial charge on any atom is -0.492 e. The van der Waals surface area contributed by atoms with Crippen molar-refractivity contribution in [1.29, 1.82) is 0 Å². The number of hydrogen-bond acceptors (Lipinski definition) is 4. The highest BCUT2D eigenvalue weighted by Crippen LogP contribution is 2.15. The fraction of sp³-hybridized carbons (Fsp3) is 0.429. The van der Waals surface area contributed by atoms with Crippen molar-refractivity contribution in [2.45, 2.75) is 26.4 Å². The maximum Gasteiger partial charge on any atom is 0.119 e. The second-order valence-corrected chi connectivity index (χ2v) is 4.89. The Kier molecular flexibility index (Phi) is 5.83. The van der Waals surface area contributed by atoms with Gasteiger partial charge < -0.3 is 10.1 Å². The van der Waals surface area contributed by atoms with Crippen molar-refractivity contribution in [2.24, 2.45) is 0 Å². The fourth-order valence-corrected chi connectivity index (χ4v) is 1.84. The van der Waals surface area contributed by atoms with Crippen LogP contribution in [0, 0.1) is 0 Å². The van der Waals surface area contributed by atoms with E-state index in [1.807, 2.05) is 30.5 Å². The van der Waals surface area contributed by atoms with E-state index in [9.17, 15) is 0 Å². The Morgan fingerprint density at radius 2 is 2.10 bits per heavy atom. The topological polar surface area (TPSA) is 52.0 Å². The van der Waals surface area contributed by atoms with Gasteiger partial charge in [-0.05, 0) is 37.2 Å². The van der Waals surface area contributed by atoms with Gasteiger partial charge in [0, 0.05) is 17.8 Å². The lowest BCUT2D eigenvalue weighted by molar-refractivity contribution is 0.289. The standard InChI is InChI=1S/C14H19ClN4O/c1-2-7-16-10-13-11-19(18-17-13)8-9-20-14-5-3-12(15)4-6-14/h3-6,11,16H,2,7-10H2,1H3. The molecule has 108 valence electrons. The zero-order chi connectivity index (χ0) is 14.2. The van der Waals surface area contributed by atoms with Crippen LogP contribution in [-0.4, -0.2) is 28.1 Å². The maximum absolute atomic E-state index is 5.81. The van der Waals surface area contributed by atoms with Crippen LogP contribution in [0.2, 0.25) is 5.02 Å². The van der Waals surface area contributed by atoms with E-state index in [4.69, 9.17) is 16.3 Å². The monoisotopic (exact) mass is 294 g/mol. The number of ether oxygens (including phenoxy) is 1. The second kappa shape index (κ2) is 7.87. The van der Waals surface area contributed by atoms with E-state index in [0.29, 0.717) is 18.2 Å². The Bertz CT molecular complexity index is 512. The van der Waals surface area contributed by atoms with E-state index in [-0.39, 0.29) is 0 Å². The Balaban J connectivity index is 1.72. The first kappa shape index (κ1) is 14.8. The van der Waals surface area contributed by atoms with Gasteiger partial charge in [0.05, 0.1) is 12.2 Å². The van der Waals surface area contributed by atoms with Gasteiger partial charge >= 0.3 is 0 Å². The van der Waals surface area contributed by atoms with Crippen LogP contribution in [0.3, 0.4) is 0 Å². The predicted octanol–water partition coefficient (Wildman–Crippen LogP) is 2.51. The summed E-state index contributed by atoms with van der Waals surface area (Å²) < 4.78 is 7.40. The number of halogens is 1. The average Bonchev–Trinajstić information content (AvgIpc) is 2.89. The summed E-state index contributed by atoms with van der Waals surface area (Å²) in [5.74, 6) is 0.805. The molecule has 0 aliphatic carbocycles. The summed E-state index contributed by atoms with van der Waals surface area (Å²) in [7, 11) is 0. The molecule has 1 aromatic heterocycles. The average molecular weight is 295 g/mol. The van der Waals surface area contributed by atoms with E-state index in [0.717, 1.165) is 31.0 Å². The highest BCUT2D eigenvalue weighted by molar-refractivity contribution is 6.30. The van der Waals surface area contributed by atoms with E-state index in [2.05, 4.69) is 22.6 Å². The molecule has 0 radical (unpaired) electrons. The fourth-order valence-electron chi connectivity index (χ4n) is 1.71. The van der Waals surface area contributed by atoms with Crippen molar-refractivity contribution in [3.05, 3.63) is 41.2 Å². The van der Waals surface area contributed by atoms with Gasteiger partial charge in [0.25, 0.3) is 0 Å². The molecule has 0 saturated heterocycles. The molecule has 2 aromatic rings. The van der Waals surface area contributed by atoms with Crippen LogP contribution in [0.1, 0.15) is 19.0 Å². The van der Waals surface area contributed by atoms with Gasteiger partial charge in [-0.2, -0.15) is 0 Å². The summed E-state index contributed by atoms with van der Waals surface area (Å²) in [5.41, 5.74) is 0.949. The molecule has 0 unspecified atom stereocenters. The van der Waals surface area contributed by atoms with Crippen LogP contribution in [0.4, 0.5) is 0 Å². The molecule has 0 atom stereocenters. The molecule has 0 aliphatic heterocycles. The van der Waals surface area contributed by atoms with Gasteiger partial charge in [-0.15, -0.1) is 5.10 Å². The lowest BCUT2D eigenvalue weighted by Crippen LogP contribution is -2.14. The molecule has 1 N–H and O–H groups in total. The first-order chi connectivity index (χ1) is 9.78. The summed E-state index contributed by atoms with van der Waals surface area (Å²) >= 11 is 5.81. The zero-order valence-electron chi connectivity index (χ0n) is 11.6. The van der Waals surface area contributed by atoms with Crippen molar-refractivity contribution in [2.75, 3.05) is 13.2 Å². The first-order valence-electron chi connectivity index (χ1n) is 6.76. The summed E-state index contributed by atoms with van der Waals surface area (Å²) in [6.45, 7) is 5.10. The number of benzene rings is 1. The van der Waals surface area contributed by atoms with E-state index in [1.54, 1.807) is 4.68 Å². The quantitative estimate of drug-likeness (QED) is 0.760. The minimum absolute atomic E-state index is 0.548. The van der Waals surface area contributed by atoms with Crippen molar-refractivity contribution < 1.29 is 4.74 Å². The Hall–Kier alpha value is -1.59. The molecule has 0 spiro atoms. The number of nitrogens with zero attached hydrogens (tertiary/aromatic N) is 3.